The maximum atomic E-state index is 11.6. The van der Waals surface area contributed by atoms with Crippen LogP contribution in [-0.4, -0.2) is 44.2 Å². The van der Waals surface area contributed by atoms with Gasteiger partial charge in [0.1, 0.15) is 23.7 Å². The number of methoxy groups -OCH3 is 2. The summed E-state index contributed by atoms with van der Waals surface area (Å²) in [6.07, 6.45) is -0.513. The van der Waals surface area contributed by atoms with E-state index in [1.54, 1.807) is 59.3 Å². The summed E-state index contributed by atoms with van der Waals surface area (Å²) in [5, 5.41) is 12.9. The van der Waals surface area contributed by atoms with Gasteiger partial charge in [0.25, 0.3) is 0 Å². The third-order valence-corrected chi connectivity index (χ3v) is 3.70. The van der Waals surface area contributed by atoms with Gasteiger partial charge in [-0.2, -0.15) is 0 Å². The van der Waals surface area contributed by atoms with Gasteiger partial charge in [-0.1, -0.05) is 6.07 Å². The molecule has 28 heavy (non-hydrogen) atoms. The number of nitrogens with one attached hydrogen (secondary N) is 1. The summed E-state index contributed by atoms with van der Waals surface area (Å²) in [5.74, 6) is 1.65. The Morgan fingerprint density at radius 3 is 2.36 bits per heavy atom. The Kier molecular flexibility index (Phi) is 6.98. The number of rotatable bonds is 7. The minimum atomic E-state index is -0.555. The van der Waals surface area contributed by atoms with E-state index in [0.29, 0.717) is 17.2 Å². The number of amides is 1. The van der Waals surface area contributed by atoms with E-state index in [1.165, 1.54) is 0 Å². The van der Waals surface area contributed by atoms with Crippen LogP contribution < -0.4 is 19.5 Å². The minimum Gasteiger partial charge on any atom is -0.504 e. The van der Waals surface area contributed by atoms with Gasteiger partial charge in [-0.15, -0.1) is 0 Å². The van der Waals surface area contributed by atoms with E-state index in [2.05, 4.69) is 5.32 Å². The predicted octanol–water partition coefficient (Wildman–Crippen LogP) is 3.98. The lowest BCUT2D eigenvalue weighted by Gasteiger charge is -2.19. The van der Waals surface area contributed by atoms with Crippen LogP contribution in [0.15, 0.2) is 36.4 Å². The second-order valence-electron chi connectivity index (χ2n) is 7.03. The summed E-state index contributed by atoms with van der Waals surface area (Å²) in [7, 11) is 3.17. The number of ether oxygens (including phenoxy) is 4. The van der Waals surface area contributed by atoms with Gasteiger partial charge in [-0.25, -0.2) is 4.79 Å². The maximum Gasteiger partial charge on any atom is 0.407 e. The van der Waals surface area contributed by atoms with Gasteiger partial charge >= 0.3 is 6.09 Å². The third-order valence-electron chi connectivity index (χ3n) is 3.70. The summed E-state index contributed by atoms with van der Waals surface area (Å²) >= 11 is 0. The van der Waals surface area contributed by atoms with Crippen molar-refractivity contribution in [2.75, 3.05) is 27.4 Å². The second kappa shape index (κ2) is 9.21. The first kappa shape index (κ1) is 21.2. The van der Waals surface area contributed by atoms with E-state index < -0.39 is 11.7 Å². The predicted molar refractivity (Wildman–Crippen MR) is 106 cm³/mol. The van der Waals surface area contributed by atoms with Gasteiger partial charge in [-0.3, -0.25) is 0 Å². The molecule has 0 aliphatic heterocycles. The van der Waals surface area contributed by atoms with Crippen LogP contribution >= 0.6 is 0 Å². The Balaban J connectivity index is 2.00. The van der Waals surface area contributed by atoms with Crippen LogP contribution in [-0.2, 0) is 4.74 Å². The van der Waals surface area contributed by atoms with Crippen molar-refractivity contribution in [2.24, 2.45) is 0 Å². The van der Waals surface area contributed by atoms with Crippen LogP contribution in [0, 0.1) is 0 Å². The van der Waals surface area contributed by atoms with Crippen LogP contribution in [0.4, 0.5) is 4.79 Å². The molecule has 0 aliphatic rings. The molecule has 0 unspecified atom stereocenters. The molecule has 0 saturated heterocycles. The van der Waals surface area contributed by atoms with Crippen LogP contribution in [0.2, 0.25) is 0 Å². The number of hydrogen-bond donors (Lipinski definition) is 2. The van der Waals surface area contributed by atoms with E-state index in [-0.39, 0.29) is 18.9 Å². The summed E-state index contributed by atoms with van der Waals surface area (Å²) < 4.78 is 21.3. The Hall–Kier alpha value is -3.09. The quantitative estimate of drug-likeness (QED) is 0.697. The molecule has 0 aliphatic carbocycles. The number of aromatic hydroxyl groups is 1. The standard InChI is InChI=1S/C21H27NO6/c1-21(2,3)28-20(24)22-10-11-27-19-8-6-14(12-17(19)23)16-13-15(25-4)7-9-18(16)26-5/h6-9,12-13,23H,10-11H2,1-5H3,(H,22,24). The number of hydrogen-bond acceptors (Lipinski definition) is 6. The highest BCUT2D eigenvalue weighted by Crippen LogP contribution is 2.37. The van der Waals surface area contributed by atoms with Gasteiger partial charge in [-0.05, 0) is 56.7 Å². The largest absolute Gasteiger partial charge is 0.504 e. The third kappa shape index (κ3) is 5.97. The molecule has 152 valence electrons. The molecule has 2 rings (SSSR count). The molecule has 0 bridgehead atoms. The molecule has 0 spiro atoms. The van der Waals surface area contributed by atoms with Crippen molar-refractivity contribution >= 4 is 6.09 Å². The molecule has 0 heterocycles. The highest BCUT2D eigenvalue weighted by Gasteiger charge is 2.16. The van der Waals surface area contributed by atoms with Crippen LogP contribution in [0.3, 0.4) is 0 Å². The van der Waals surface area contributed by atoms with Crippen molar-refractivity contribution in [1.29, 1.82) is 0 Å². The van der Waals surface area contributed by atoms with Crippen molar-refractivity contribution in [1.82, 2.24) is 5.32 Å². The van der Waals surface area contributed by atoms with Gasteiger partial charge in [0.05, 0.1) is 20.8 Å². The first-order chi connectivity index (χ1) is 13.2. The lowest BCUT2D eigenvalue weighted by atomic mass is 10.0. The van der Waals surface area contributed by atoms with Crippen molar-refractivity contribution in [3.63, 3.8) is 0 Å². The van der Waals surface area contributed by atoms with E-state index in [9.17, 15) is 9.90 Å². The fourth-order valence-electron chi connectivity index (χ4n) is 2.47. The highest BCUT2D eigenvalue weighted by molar-refractivity contribution is 5.74. The fourth-order valence-corrected chi connectivity index (χ4v) is 2.47. The van der Waals surface area contributed by atoms with Gasteiger partial charge in [0.15, 0.2) is 11.5 Å². The maximum absolute atomic E-state index is 11.6. The molecule has 0 atom stereocenters. The SMILES string of the molecule is COc1ccc(OC)c(-c2ccc(OCCNC(=O)OC(C)(C)C)c(O)c2)c1. The first-order valence-electron chi connectivity index (χ1n) is 8.88. The number of phenols is 1. The second-order valence-corrected chi connectivity index (χ2v) is 7.03. The normalized spacial score (nSPS) is 10.9. The van der Waals surface area contributed by atoms with E-state index in [0.717, 1.165) is 11.1 Å². The van der Waals surface area contributed by atoms with Gasteiger partial charge in [0.2, 0.25) is 0 Å². The molecule has 0 fully saturated rings. The molecule has 0 radical (unpaired) electrons. The topological polar surface area (TPSA) is 86.2 Å². The molecular weight excluding hydrogens is 362 g/mol. The molecule has 0 saturated carbocycles. The summed E-state index contributed by atoms with van der Waals surface area (Å²) in [6.45, 7) is 5.81. The zero-order chi connectivity index (χ0) is 20.7. The number of phenolic OH excluding ortho intramolecular Hbond substituents is 1. The molecule has 7 nitrogen and oxygen atoms in total. The average molecular weight is 389 g/mol. The van der Waals surface area contributed by atoms with Crippen molar-refractivity contribution in [2.45, 2.75) is 26.4 Å². The van der Waals surface area contributed by atoms with E-state index in [1.807, 2.05) is 12.1 Å². The lowest BCUT2D eigenvalue weighted by Crippen LogP contribution is -2.34. The minimum absolute atomic E-state index is 0.0142. The van der Waals surface area contributed by atoms with Crippen LogP contribution in [0.5, 0.6) is 23.0 Å². The van der Waals surface area contributed by atoms with E-state index in [4.69, 9.17) is 18.9 Å². The molecule has 2 aromatic carbocycles. The monoisotopic (exact) mass is 389 g/mol. The summed E-state index contributed by atoms with van der Waals surface area (Å²) in [5.41, 5.74) is 0.989. The summed E-state index contributed by atoms with van der Waals surface area (Å²) in [4.78, 5) is 11.6. The molecule has 7 heteroatoms. The van der Waals surface area contributed by atoms with Crippen molar-refractivity contribution in [3.8, 4) is 34.1 Å². The Bertz CT molecular complexity index is 813. The smallest absolute Gasteiger partial charge is 0.407 e. The van der Waals surface area contributed by atoms with Crippen LogP contribution in [0.1, 0.15) is 20.8 Å². The number of carbonyl (C=O) groups excluding carboxylic acids is 1. The molecule has 0 aromatic heterocycles. The summed E-state index contributed by atoms with van der Waals surface area (Å²) in [6, 6.07) is 10.5. The van der Waals surface area contributed by atoms with Gasteiger partial charge < -0.3 is 29.4 Å². The molecule has 1 amide bonds. The first-order valence-corrected chi connectivity index (χ1v) is 8.88. The fraction of sp³-hybridized carbons (Fsp3) is 0.381. The molecular formula is C21H27NO6. The lowest BCUT2D eigenvalue weighted by molar-refractivity contribution is 0.0520. The van der Waals surface area contributed by atoms with E-state index >= 15 is 0 Å². The zero-order valence-corrected chi connectivity index (χ0v) is 16.9. The number of alkyl carbamates (subject to hydrolysis) is 1. The Morgan fingerprint density at radius 1 is 1.04 bits per heavy atom. The average Bonchev–Trinajstić information content (AvgIpc) is 2.64. The Morgan fingerprint density at radius 2 is 1.75 bits per heavy atom. The number of carbonyl (C=O) groups is 1. The van der Waals surface area contributed by atoms with Crippen molar-refractivity contribution in [3.05, 3.63) is 36.4 Å². The Labute approximate surface area is 165 Å². The van der Waals surface area contributed by atoms with Gasteiger partial charge in [0, 0.05) is 5.56 Å². The number of benzene rings is 2. The van der Waals surface area contributed by atoms with Crippen molar-refractivity contribution < 1.29 is 28.8 Å². The molecule has 2 aromatic rings. The molecule has 2 N–H and O–H groups in total. The zero-order valence-electron chi connectivity index (χ0n) is 16.9. The van der Waals surface area contributed by atoms with Crippen LogP contribution in [0.25, 0.3) is 11.1 Å². The highest BCUT2D eigenvalue weighted by atomic mass is 16.6.